The van der Waals surface area contributed by atoms with Crippen LogP contribution in [-0.4, -0.2) is 71.5 Å². The minimum Gasteiger partial charge on any atom is -0.367 e. The van der Waals surface area contributed by atoms with Gasteiger partial charge in [0.2, 0.25) is 10.0 Å². The molecule has 3 fully saturated rings. The summed E-state index contributed by atoms with van der Waals surface area (Å²) in [4.78, 5) is 30.3. The van der Waals surface area contributed by atoms with Gasteiger partial charge in [0, 0.05) is 43.9 Å². The second kappa shape index (κ2) is 8.81. The van der Waals surface area contributed by atoms with Gasteiger partial charge in [-0.2, -0.15) is 13.9 Å². The van der Waals surface area contributed by atoms with Crippen molar-refractivity contribution in [3.8, 4) is 0 Å². The molecule has 0 bridgehead atoms. The van der Waals surface area contributed by atoms with E-state index in [1.54, 1.807) is 10.7 Å². The van der Waals surface area contributed by atoms with Crippen LogP contribution in [0.25, 0.3) is 11.7 Å². The summed E-state index contributed by atoms with van der Waals surface area (Å²) in [5.41, 5.74) is 1.14. The number of rotatable bonds is 6. The maximum absolute atomic E-state index is 13.3. The second-order valence-corrected chi connectivity index (χ2v) is 11.0. The molecule has 2 aliphatic heterocycles. The van der Waals surface area contributed by atoms with Crippen LogP contribution >= 0.6 is 0 Å². The van der Waals surface area contributed by atoms with Crippen LogP contribution in [0, 0.1) is 5.82 Å². The predicted molar refractivity (Wildman–Crippen MR) is 132 cm³/mol. The molecular formula is C23H23FN8O4S. The summed E-state index contributed by atoms with van der Waals surface area (Å²) < 4.78 is 42.3. The highest BCUT2D eigenvalue weighted by molar-refractivity contribution is 7.89. The number of sulfonamides is 1. The van der Waals surface area contributed by atoms with Gasteiger partial charge in [0.15, 0.2) is 5.65 Å². The molecule has 1 aliphatic carbocycles. The van der Waals surface area contributed by atoms with E-state index < -0.39 is 27.8 Å². The van der Waals surface area contributed by atoms with Gasteiger partial charge in [-0.05, 0) is 43.2 Å². The molecule has 0 atom stereocenters. The fourth-order valence-electron chi connectivity index (χ4n) is 4.32. The summed E-state index contributed by atoms with van der Waals surface area (Å²) in [6.07, 6.45) is 5.18. The van der Waals surface area contributed by atoms with E-state index in [1.165, 1.54) is 22.5 Å². The molecule has 0 spiro atoms. The van der Waals surface area contributed by atoms with Crippen molar-refractivity contribution in [2.75, 3.05) is 36.4 Å². The highest BCUT2D eigenvalue weighted by Gasteiger charge is 2.30. The van der Waals surface area contributed by atoms with E-state index in [0.29, 0.717) is 36.2 Å². The van der Waals surface area contributed by atoms with E-state index in [1.807, 2.05) is 11.0 Å². The topological polar surface area (TPSA) is 141 Å². The summed E-state index contributed by atoms with van der Waals surface area (Å²) in [6.45, 7) is 1.27. The zero-order chi connectivity index (χ0) is 25.7. The lowest BCUT2D eigenvalue weighted by atomic mass is 10.2. The van der Waals surface area contributed by atoms with Crippen LogP contribution in [0.1, 0.15) is 18.4 Å². The number of nitrogens with one attached hydrogen (secondary N) is 3. The van der Waals surface area contributed by atoms with Crippen molar-refractivity contribution in [2.24, 2.45) is 0 Å². The van der Waals surface area contributed by atoms with Crippen LogP contribution in [0.2, 0.25) is 0 Å². The lowest BCUT2D eigenvalue weighted by Gasteiger charge is -2.34. The average Bonchev–Trinajstić information content (AvgIpc) is 3.52. The standard InChI is InChI=1S/C23H23FN8O4S/c24-15-1-5-17(6-2-15)37(35,36)31-9-7-30(8-10-31)19-12-20(26-16-3-4-16)32-21(28-19)14(13-25-32)11-18-22(33)29-23(34)27-18/h1-2,5-6,11-13,16,26H,3-4,7-10H2,(H2,27,29,33,34)/b18-11-. The zero-order valence-electron chi connectivity index (χ0n) is 19.5. The van der Waals surface area contributed by atoms with Crippen LogP contribution in [0.4, 0.5) is 20.8 Å². The molecule has 2 aromatic heterocycles. The quantitative estimate of drug-likeness (QED) is 0.321. The Hall–Kier alpha value is -4.04. The first kappa shape index (κ1) is 23.4. The van der Waals surface area contributed by atoms with Gasteiger partial charge in [-0.1, -0.05) is 0 Å². The van der Waals surface area contributed by atoms with Crippen molar-refractivity contribution in [2.45, 2.75) is 23.8 Å². The Balaban J connectivity index is 1.28. The zero-order valence-corrected chi connectivity index (χ0v) is 20.3. The number of benzene rings is 1. The first-order chi connectivity index (χ1) is 17.8. The van der Waals surface area contributed by atoms with Crippen LogP contribution in [0.3, 0.4) is 0 Å². The summed E-state index contributed by atoms with van der Waals surface area (Å²) in [5.74, 6) is 0.338. The van der Waals surface area contributed by atoms with Crippen molar-refractivity contribution in [1.29, 1.82) is 0 Å². The maximum Gasteiger partial charge on any atom is 0.326 e. The van der Waals surface area contributed by atoms with Crippen LogP contribution in [0.5, 0.6) is 0 Å². The largest absolute Gasteiger partial charge is 0.367 e. The molecule has 1 saturated carbocycles. The third-order valence-corrected chi connectivity index (χ3v) is 8.36. The predicted octanol–water partition coefficient (Wildman–Crippen LogP) is 1.13. The number of aromatic nitrogens is 3. The number of hydrogen-bond acceptors (Lipinski definition) is 8. The Bertz CT molecular complexity index is 1540. The molecule has 3 N–H and O–H groups in total. The Kier molecular flexibility index (Phi) is 5.56. The molecule has 1 aromatic carbocycles. The van der Waals surface area contributed by atoms with Gasteiger partial charge in [0.25, 0.3) is 5.91 Å². The molecule has 12 nitrogen and oxygen atoms in total. The molecule has 14 heteroatoms. The molecule has 0 unspecified atom stereocenters. The summed E-state index contributed by atoms with van der Waals surface area (Å²) in [6, 6.07) is 6.43. The van der Waals surface area contributed by atoms with Gasteiger partial charge in [0.05, 0.1) is 11.1 Å². The van der Waals surface area contributed by atoms with Gasteiger partial charge >= 0.3 is 6.03 Å². The number of amides is 3. The SMILES string of the molecule is O=C1NC(=O)/C(=C/c2cnn3c(NC4CC4)cc(N4CCN(S(=O)(=O)c5ccc(F)cc5)CC4)nc23)N1. The summed E-state index contributed by atoms with van der Waals surface area (Å²) >= 11 is 0. The van der Waals surface area contributed by atoms with E-state index in [9.17, 15) is 22.4 Å². The van der Waals surface area contributed by atoms with E-state index >= 15 is 0 Å². The van der Waals surface area contributed by atoms with Crippen LogP contribution < -0.4 is 20.9 Å². The average molecular weight is 527 g/mol. The van der Waals surface area contributed by atoms with Gasteiger partial charge in [-0.3, -0.25) is 10.1 Å². The Morgan fingerprint density at radius 3 is 2.43 bits per heavy atom. The number of anilines is 2. The Morgan fingerprint density at radius 1 is 1.05 bits per heavy atom. The number of carbonyl (C=O) groups excluding carboxylic acids is 2. The van der Waals surface area contributed by atoms with E-state index in [2.05, 4.69) is 21.0 Å². The Morgan fingerprint density at radius 2 is 1.78 bits per heavy atom. The van der Waals surface area contributed by atoms with Crippen molar-refractivity contribution in [1.82, 2.24) is 29.5 Å². The fraction of sp³-hybridized carbons (Fsp3) is 0.304. The van der Waals surface area contributed by atoms with Gasteiger partial charge in [-0.25, -0.2) is 22.6 Å². The van der Waals surface area contributed by atoms with Gasteiger partial charge < -0.3 is 15.5 Å². The normalized spacial score (nSPS) is 19.9. The number of nitrogens with zero attached hydrogens (tertiary/aromatic N) is 5. The van der Waals surface area contributed by atoms with Crippen molar-refractivity contribution < 1.29 is 22.4 Å². The Labute approximate surface area is 211 Å². The molecule has 0 radical (unpaired) electrons. The molecule has 4 heterocycles. The molecule has 6 rings (SSSR count). The van der Waals surface area contributed by atoms with Gasteiger partial charge in [-0.15, -0.1) is 0 Å². The van der Waals surface area contributed by atoms with Crippen LogP contribution in [0.15, 0.2) is 47.1 Å². The van der Waals surface area contributed by atoms with E-state index in [4.69, 9.17) is 4.98 Å². The number of hydrogen-bond donors (Lipinski definition) is 3. The summed E-state index contributed by atoms with van der Waals surface area (Å²) in [5, 5.41) is 12.5. The first-order valence-electron chi connectivity index (χ1n) is 11.8. The molecule has 2 saturated heterocycles. The smallest absolute Gasteiger partial charge is 0.326 e. The monoisotopic (exact) mass is 526 g/mol. The van der Waals surface area contributed by atoms with Crippen molar-refractivity contribution in [3.63, 3.8) is 0 Å². The van der Waals surface area contributed by atoms with Crippen molar-refractivity contribution in [3.05, 3.63) is 53.6 Å². The van der Waals surface area contributed by atoms with E-state index in [0.717, 1.165) is 30.8 Å². The number of carbonyl (C=O) groups is 2. The lowest BCUT2D eigenvalue weighted by Crippen LogP contribution is -2.49. The number of urea groups is 1. The van der Waals surface area contributed by atoms with E-state index in [-0.39, 0.29) is 23.7 Å². The number of fused-ring (bicyclic) bond motifs is 1. The number of imide groups is 1. The fourth-order valence-corrected chi connectivity index (χ4v) is 5.74. The molecular weight excluding hydrogens is 503 g/mol. The first-order valence-corrected chi connectivity index (χ1v) is 13.2. The molecule has 192 valence electrons. The number of piperazine rings is 1. The summed E-state index contributed by atoms with van der Waals surface area (Å²) in [7, 11) is -3.74. The molecule has 37 heavy (non-hydrogen) atoms. The number of halogens is 1. The molecule has 3 amide bonds. The third kappa shape index (κ3) is 4.49. The minimum atomic E-state index is -3.74. The highest BCUT2D eigenvalue weighted by atomic mass is 32.2. The molecule has 3 aliphatic rings. The molecule has 3 aromatic rings. The van der Waals surface area contributed by atoms with Gasteiger partial charge in [0.1, 0.15) is 23.1 Å². The lowest BCUT2D eigenvalue weighted by molar-refractivity contribution is -0.115. The highest BCUT2D eigenvalue weighted by Crippen LogP contribution is 2.29. The van der Waals surface area contributed by atoms with Crippen LogP contribution in [-0.2, 0) is 14.8 Å². The second-order valence-electron chi connectivity index (χ2n) is 9.06. The third-order valence-electron chi connectivity index (χ3n) is 6.45. The van der Waals surface area contributed by atoms with Crippen molar-refractivity contribution >= 4 is 45.3 Å². The maximum atomic E-state index is 13.3. The minimum absolute atomic E-state index is 0.0535.